The molecule has 0 heterocycles. The molecule has 0 aromatic heterocycles. The van der Waals surface area contributed by atoms with Gasteiger partial charge in [-0.15, -0.1) is 0 Å². The predicted octanol–water partition coefficient (Wildman–Crippen LogP) is 3.58. The Morgan fingerprint density at radius 1 is 1.11 bits per heavy atom. The molecule has 2 heteroatoms. The molecule has 1 rings (SSSR count). The van der Waals surface area contributed by atoms with E-state index in [1.54, 1.807) is 0 Å². The first-order valence-corrected chi connectivity index (χ1v) is 7.10. The van der Waals surface area contributed by atoms with Crippen LogP contribution in [0.3, 0.4) is 0 Å². The van der Waals surface area contributed by atoms with Gasteiger partial charge in [0.05, 0.1) is 0 Å². The Balaban J connectivity index is 2.47. The summed E-state index contributed by atoms with van der Waals surface area (Å²) in [5.41, 5.74) is 1.41. The maximum absolute atomic E-state index is 5.61. The van der Waals surface area contributed by atoms with E-state index in [-0.39, 0.29) is 0 Å². The van der Waals surface area contributed by atoms with E-state index in [0.29, 0.717) is 12.0 Å². The fraction of sp³-hybridized carbons (Fsp3) is 0.625. The van der Waals surface area contributed by atoms with Crippen molar-refractivity contribution < 1.29 is 4.74 Å². The molecule has 18 heavy (non-hydrogen) atoms. The van der Waals surface area contributed by atoms with Gasteiger partial charge in [0.2, 0.25) is 0 Å². The largest absolute Gasteiger partial charge is 0.381 e. The molecule has 0 bridgehead atoms. The molecule has 1 aromatic carbocycles. The number of rotatable bonds is 9. The molecule has 0 fully saturated rings. The minimum atomic E-state index is 0.535. The normalized spacial score (nSPS) is 12.9. The van der Waals surface area contributed by atoms with Crippen molar-refractivity contribution >= 4 is 0 Å². The Kier molecular flexibility index (Phi) is 7.70. The second-order valence-electron chi connectivity index (χ2n) is 5.07. The standard InChI is InChI=1S/C16H27NO/c1-4-11-18-12-10-16(13-17-14(2)3)15-8-6-5-7-9-15/h5-9,14,16-17H,4,10-13H2,1-3H3. The summed E-state index contributed by atoms with van der Waals surface area (Å²) in [6, 6.07) is 11.3. The Hall–Kier alpha value is -0.860. The van der Waals surface area contributed by atoms with Crippen LogP contribution in [0, 0.1) is 0 Å². The highest BCUT2D eigenvalue weighted by Gasteiger charge is 2.11. The summed E-state index contributed by atoms with van der Waals surface area (Å²) in [4.78, 5) is 0. The Labute approximate surface area is 112 Å². The van der Waals surface area contributed by atoms with Crippen molar-refractivity contribution in [1.29, 1.82) is 0 Å². The van der Waals surface area contributed by atoms with Gasteiger partial charge in [-0.1, -0.05) is 51.1 Å². The van der Waals surface area contributed by atoms with E-state index in [1.807, 2.05) is 0 Å². The maximum Gasteiger partial charge on any atom is 0.0472 e. The number of ether oxygens (including phenoxy) is 1. The molecule has 1 unspecified atom stereocenters. The summed E-state index contributed by atoms with van der Waals surface area (Å²) in [5.74, 6) is 0.547. The molecule has 1 aromatic rings. The second kappa shape index (κ2) is 9.12. The van der Waals surface area contributed by atoms with Gasteiger partial charge in [0, 0.05) is 25.8 Å². The molecule has 0 aliphatic rings. The zero-order valence-corrected chi connectivity index (χ0v) is 12.0. The first-order chi connectivity index (χ1) is 8.74. The van der Waals surface area contributed by atoms with Gasteiger partial charge in [0.1, 0.15) is 0 Å². The zero-order valence-electron chi connectivity index (χ0n) is 12.0. The lowest BCUT2D eigenvalue weighted by atomic mass is 9.96. The third-order valence-electron chi connectivity index (χ3n) is 3.00. The first kappa shape index (κ1) is 15.2. The van der Waals surface area contributed by atoms with E-state index < -0.39 is 0 Å². The van der Waals surface area contributed by atoms with Crippen molar-refractivity contribution in [2.75, 3.05) is 19.8 Å². The SMILES string of the molecule is CCCOCCC(CNC(C)C)c1ccccc1. The average Bonchev–Trinajstić information content (AvgIpc) is 2.38. The summed E-state index contributed by atoms with van der Waals surface area (Å²) in [6.45, 7) is 9.28. The highest BCUT2D eigenvalue weighted by molar-refractivity contribution is 5.19. The van der Waals surface area contributed by atoms with Crippen LogP contribution >= 0.6 is 0 Å². The van der Waals surface area contributed by atoms with Crippen LogP contribution in [-0.2, 0) is 4.74 Å². The minimum Gasteiger partial charge on any atom is -0.381 e. The van der Waals surface area contributed by atoms with Crippen molar-refractivity contribution in [2.24, 2.45) is 0 Å². The van der Waals surface area contributed by atoms with E-state index in [1.165, 1.54) is 5.56 Å². The monoisotopic (exact) mass is 249 g/mol. The smallest absolute Gasteiger partial charge is 0.0472 e. The zero-order chi connectivity index (χ0) is 13.2. The van der Waals surface area contributed by atoms with E-state index >= 15 is 0 Å². The van der Waals surface area contributed by atoms with Gasteiger partial charge < -0.3 is 10.1 Å². The molecular formula is C16H27NO. The molecule has 0 saturated heterocycles. The summed E-state index contributed by atoms with van der Waals surface area (Å²) >= 11 is 0. The van der Waals surface area contributed by atoms with E-state index in [9.17, 15) is 0 Å². The van der Waals surface area contributed by atoms with Crippen molar-refractivity contribution in [1.82, 2.24) is 5.32 Å². The number of benzene rings is 1. The summed E-state index contributed by atoms with van der Waals surface area (Å²) in [7, 11) is 0. The van der Waals surface area contributed by atoms with Gasteiger partial charge in [0.15, 0.2) is 0 Å². The van der Waals surface area contributed by atoms with Crippen molar-refractivity contribution in [3.05, 3.63) is 35.9 Å². The number of hydrogen-bond acceptors (Lipinski definition) is 2. The highest BCUT2D eigenvalue weighted by Crippen LogP contribution is 2.18. The van der Waals surface area contributed by atoms with Gasteiger partial charge >= 0.3 is 0 Å². The Bertz CT molecular complexity index is 297. The molecule has 1 atom stereocenters. The summed E-state index contributed by atoms with van der Waals surface area (Å²) in [5, 5.41) is 3.53. The van der Waals surface area contributed by atoms with Crippen LogP contribution in [0.2, 0.25) is 0 Å². The minimum absolute atomic E-state index is 0.535. The number of hydrogen-bond donors (Lipinski definition) is 1. The lowest BCUT2D eigenvalue weighted by Gasteiger charge is -2.19. The highest BCUT2D eigenvalue weighted by atomic mass is 16.5. The lowest BCUT2D eigenvalue weighted by Crippen LogP contribution is -2.28. The van der Waals surface area contributed by atoms with Crippen LogP contribution in [-0.4, -0.2) is 25.8 Å². The Morgan fingerprint density at radius 2 is 1.83 bits per heavy atom. The molecule has 0 aliphatic heterocycles. The maximum atomic E-state index is 5.61. The van der Waals surface area contributed by atoms with Gasteiger partial charge in [-0.25, -0.2) is 0 Å². The van der Waals surface area contributed by atoms with E-state index in [2.05, 4.69) is 56.4 Å². The van der Waals surface area contributed by atoms with Gasteiger partial charge in [-0.2, -0.15) is 0 Å². The molecule has 1 N–H and O–H groups in total. The van der Waals surface area contributed by atoms with Gasteiger partial charge in [-0.05, 0) is 24.3 Å². The Morgan fingerprint density at radius 3 is 2.44 bits per heavy atom. The lowest BCUT2D eigenvalue weighted by molar-refractivity contribution is 0.127. The molecule has 0 spiro atoms. The van der Waals surface area contributed by atoms with Crippen LogP contribution in [0.5, 0.6) is 0 Å². The van der Waals surface area contributed by atoms with E-state index in [4.69, 9.17) is 4.74 Å². The molecule has 0 radical (unpaired) electrons. The topological polar surface area (TPSA) is 21.3 Å². The van der Waals surface area contributed by atoms with Crippen LogP contribution in [0.15, 0.2) is 30.3 Å². The van der Waals surface area contributed by atoms with Gasteiger partial charge in [-0.3, -0.25) is 0 Å². The van der Waals surface area contributed by atoms with Crippen molar-refractivity contribution in [2.45, 2.75) is 45.6 Å². The predicted molar refractivity (Wildman–Crippen MR) is 78.0 cm³/mol. The fourth-order valence-corrected chi connectivity index (χ4v) is 1.96. The van der Waals surface area contributed by atoms with Crippen LogP contribution in [0.4, 0.5) is 0 Å². The van der Waals surface area contributed by atoms with Crippen molar-refractivity contribution in [3.8, 4) is 0 Å². The molecule has 0 saturated carbocycles. The fourth-order valence-electron chi connectivity index (χ4n) is 1.96. The van der Waals surface area contributed by atoms with Crippen LogP contribution in [0.25, 0.3) is 0 Å². The number of nitrogens with one attached hydrogen (secondary N) is 1. The van der Waals surface area contributed by atoms with Crippen molar-refractivity contribution in [3.63, 3.8) is 0 Å². The first-order valence-electron chi connectivity index (χ1n) is 7.10. The van der Waals surface area contributed by atoms with Gasteiger partial charge in [0.25, 0.3) is 0 Å². The second-order valence-corrected chi connectivity index (χ2v) is 5.07. The third kappa shape index (κ3) is 6.18. The molecule has 0 amide bonds. The third-order valence-corrected chi connectivity index (χ3v) is 3.00. The average molecular weight is 249 g/mol. The molecule has 102 valence electrons. The summed E-state index contributed by atoms with van der Waals surface area (Å²) < 4.78 is 5.61. The van der Waals surface area contributed by atoms with Crippen LogP contribution in [0.1, 0.15) is 45.1 Å². The quantitative estimate of drug-likeness (QED) is 0.675. The van der Waals surface area contributed by atoms with Crippen LogP contribution < -0.4 is 5.32 Å². The molecule has 0 aliphatic carbocycles. The molecular weight excluding hydrogens is 222 g/mol. The molecule has 2 nitrogen and oxygen atoms in total. The summed E-state index contributed by atoms with van der Waals surface area (Å²) in [6.07, 6.45) is 2.18. The van der Waals surface area contributed by atoms with E-state index in [0.717, 1.165) is 32.6 Å².